The Bertz CT molecular complexity index is 326. The minimum absolute atomic E-state index is 0.0238. The lowest BCUT2D eigenvalue weighted by Crippen LogP contribution is -2.39. The van der Waals surface area contributed by atoms with Crippen molar-refractivity contribution in [3.63, 3.8) is 0 Å². The molecule has 0 spiro atoms. The summed E-state index contributed by atoms with van der Waals surface area (Å²) >= 11 is 0. The van der Waals surface area contributed by atoms with Crippen LogP contribution in [-0.2, 0) is 0 Å². The summed E-state index contributed by atoms with van der Waals surface area (Å²) in [6.45, 7) is 6.98. The fraction of sp³-hybridized carbons (Fsp3) is 0.583. The van der Waals surface area contributed by atoms with Crippen LogP contribution in [0.1, 0.15) is 44.1 Å². The fourth-order valence-corrected chi connectivity index (χ4v) is 1.55. The summed E-state index contributed by atoms with van der Waals surface area (Å²) in [5.74, 6) is -0.0238. The van der Waals surface area contributed by atoms with Crippen molar-refractivity contribution in [3.05, 3.63) is 24.0 Å². The van der Waals surface area contributed by atoms with Crippen LogP contribution in [0.15, 0.2) is 18.3 Å². The third-order valence-corrected chi connectivity index (χ3v) is 2.64. The quantitative estimate of drug-likeness (QED) is 0.765. The van der Waals surface area contributed by atoms with E-state index in [9.17, 15) is 4.79 Å². The molecule has 0 N–H and O–H groups in total. The summed E-state index contributed by atoms with van der Waals surface area (Å²) in [7, 11) is 0. The Hall–Kier alpha value is -1.45. The minimum Gasteiger partial charge on any atom is -0.335 e. The second kappa shape index (κ2) is 6.20. The van der Waals surface area contributed by atoms with Gasteiger partial charge in [0, 0.05) is 18.8 Å². The lowest BCUT2D eigenvalue weighted by atomic mass is 10.2. The molecule has 1 aromatic rings. The van der Waals surface area contributed by atoms with E-state index < -0.39 is 0 Å². The van der Waals surface area contributed by atoms with E-state index in [0.29, 0.717) is 5.69 Å². The second-order valence-electron chi connectivity index (χ2n) is 3.86. The molecule has 1 heterocycles. The maximum absolute atomic E-state index is 12.2. The van der Waals surface area contributed by atoms with Crippen LogP contribution in [0.3, 0.4) is 0 Å². The van der Waals surface area contributed by atoms with Gasteiger partial charge in [0.05, 0.1) is 0 Å². The topological polar surface area (TPSA) is 46.1 Å². The van der Waals surface area contributed by atoms with Crippen LogP contribution in [0.25, 0.3) is 0 Å². The summed E-state index contributed by atoms with van der Waals surface area (Å²) in [6.07, 6.45) is 3.48. The summed E-state index contributed by atoms with van der Waals surface area (Å²) in [5, 5.41) is 7.59. The Labute approximate surface area is 96.7 Å². The molecular formula is C12H19N3O. The zero-order valence-electron chi connectivity index (χ0n) is 10.2. The Kier molecular flexibility index (Phi) is 4.89. The largest absolute Gasteiger partial charge is 0.335 e. The molecule has 0 saturated carbocycles. The average molecular weight is 221 g/mol. The van der Waals surface area contributed by atoms with Crippen molar-refractivity contribution < 1.29 is 4.79 Å². The summed E-state index contributed by atoms with van der Waals surface area (Å²) in [4.78, 5) is 14.0. The van der Waals surface area contributed by atoms with Crippen LogP contribution < -0.4 is 0 Å². The first kappa shape index (κ1) is 12.6. The molecule has 16 heavy (non-hydrogen) atoms. The van der Waals surface area contributed by atoms with Gasteiger partial charge in [0.1, 0.15) is 0 Å². The number of hydrogen-bond donors (Lipinski definition) is 0. The number of carbonyl (C=O) groups excluding carboxylic acids is 1. The molecule has 0 aliphatic heterocycles. The van der Waals surface area contributed by atoms with Gasteiger partial charge in [-0.15, -0.1) is 5.10 Å². The van der Waals surface area contributed by atoms with Gasteiger partial charge in [-0.3, -0.25) is 4.79 Å². The van der Waals surface area contributed by atoms with Crippen LogP contribution in [0.2, 0.25) is 0 Å². The number of hydrogen-bond acceptors (Lipinski definition) is 3. The molecular weight excluding hydrogens is 202 g/mol. The van der Waals surface area contributed by atoms with Gasteiger partial charge in [-0.2, -0.15) is 5.10 Å². The van der Waals surface area contributed by atoms with Crippen molar-refractivity contribution >= 4 is 5.91 Å². The lowest BCUT2D eigenvalue weighted by molar-refractivity contribution is 0.0681. The highest BCUT2D eigenvalue weighted by Gasteiger charge is 2.20. The molecule has 0 radical (unpaired) electrons. The molecule has 0 bridgehead atoms. The van der Waals surface area contributed by atoms with Crippen molar-refractivity contribution in [2.45, 2.75) is 39.7 Å². The predicted molar refractivity (Wildman–Crippen MR) is 63.1 cm³/mol. The maximum Gasteiger partial charge on any atom is 0.274 e. The van der Waals surface area contributed by atoms with Gasteiger partial charge in [0.2, 0.25) is 0 Å². The molecule has 1 rings (SSSR count). The van der Waals surface area contributed by atoms with Crippen molar-refractivity contribution in [1.29, 1.82) is 0 Å². The SMILES string of the molecule is CCCN(C(=O)c1cccnn1)C(C)CC. The van der Waals surface area contributed by atoms with Gasteiger partial charge in [-0.25, -0.2) is 0 Å². The van der Waals surface area contributed by atoms with Gasteiger partial charge in [-0.1, -0.05) is 13.8 Å². The highest BCUT2D eigenvalue weighted by Crippen LogP contribution is 2.09. The summed E-state index contributed by atoms with van der Waals surface area (Å²) < 4.78 is 0. The van der Waals surface area contributed by atoms with E-state index >= 15 is 0 Å². The van der Waals surface area contributed by atoms with Gasteiger partial charge >= 0.3 is 0 Å². The third kappa shape index (κ3) is 3.02. The highest BCUT2D eigenvalue weighted by atomic mass is 16.2. The number of carbonyl (C=O) groups is 1. The molecule has 4 heteroatoms. The van der Waals surface area contributed by atoms with E-state index in [0.717, 1.165) is 19.4 Å². The average Bonchev–Trinajstić information content (AvgIpc) is 2.35. The molecule has 1 amide bonds. The zero-order valence-corrected chi connectivity index (χ0v) is 10.2. The minimum atomic E-state index is -0.0238. The first-order valence-electron chi connectivity index (χ1n) is 5.79. The second-order valence-corrected chi connectivity index (χ2v) is 3.86. The smallest absolute Gasteiger partial charge is 0.274 e. The molecule has 0 aliphatic rings. The molecule has 88 valence electrons. The van der Waals surface area contributed by atoms with Crippen LogP contribution in [0.4, 0.5) is 0 Å². The number of rotatable bonds is 5. The Balaban J connectivity index is 2.83. The van der Waals surface area contributed by atoms with E-state index in [1.165, 1.54) is 0 Å². The van der Waals surface area contributed by atoms with Crippen molar-refractivity contribution in [2.75, 3.05) is 6.54 Å². The van der Waals surface area contributed by atoms with Gasteiger partial charge < -0.3 is 4.90 Å². The van der Waals surface area contributed by atoms with Crippen LogP contribution in [0.5, 0.6) is 0 Å². The van der Waals surface area contributed by atoms with Crippen molar-refractivity contribution in [2.24, 2.45) is 0 Å². The lowest BCUT2D eigenvalue weighted by Gasteiger charge is -2.27. The highest BCUT2D eigenvalue weighted by molar-refractivity contribution is 5.92. The Morgan fingerprint density at radius 1 is 1.50 bits per heavy atom. The predicted octanol–water partition coefficient (Wildman–Crippen LogP) is 2.13. The van der Waals surface area contributed by atoms with Crippen molar-refractivity contribution in [1.82, 2.24) is 15.1 Å². The molecule has 0 fully saturated rings. The van der Waals surface area contributed by atoms with E-state index in [2.05, 4.69) is 31.0 Å². The monoisotopic (exact) mass is 221 g/mol. The molecule has 1 unspecified atom stereocenters. The van der Waals surface area contributed by atoms with E-state index in [-0.39, 0.29) is 11.9 Å². The Morgan fingerprint density at radius 2 is 2.25 bits per heavy atom. The molecule has 4 nitrogen and oxygen atoms in total. The third-order valence-electron chi connectivity index (χ3n) is 2.64. The molecule has 0 aromatic carbocycles. The number of amides is 1. The van der Waals surface area contributed by atoms with Crippen LogP contribution in [-0.4, -0.2) is 33.6 Å². The standard InChI is InChI=1S/C12H19N3O/c1-4-9-15(10(3)5-2)12(16)11-7-6-8-13-14-11/h6-8,10H,4-5,9H2,1-3H3. The number of nitrogens with zero attached hydrogens (tertiary/aromatic N) is 3. The molecule has 1 aromatic heterocycles. The van der Waals surface area contributed by atoms with Gasteiger partial charge in [-0.05, 0) is 31.9 Å². The normalized spacial score (nSPS) is 12.2. The summed E-state index contributed by atoms with van der Waals surface area (Å²) in [5.41, 5.74) is 0.427. The number of aromatic nitrogens is 2. The Morgan fingerprint density at radius 3 is 2.75 bits per heavy atom. The first-order valence-corrected chi connectivity index (χ1v) is 5.79. The van der Waals surface area contributed by atoms with Crippen LogP contribution in [0, 0.1) is 0 Å². The molecule has 0 saturated heterocycles. The summed E-state index contributed by atoms with van der Waals surface area (Å²) in [6, 6.07) is 3.69. The van der Waals surface area contributed by atoms with Gasteiger partial charge in [0.15, 0.2) is 5.69 Å². The molecule has 1 atom stereocenters. The van der Waals surface area contributed by atoms with Crippen molar-refractivity contribution in [3.8, 4) is 0 Å². The zero-order chi connectivity index (χ0) is 12.0. The first-order chi connectivity index (χ1) is 7.70. The maximum atomic E-state index is 12.2. The van der Waals surface area contributed by atoms with Gasteiger partial charge in [0.25, 0.3) is 5.91 Å². The van der Waals surface area contributed by atoms with Crippen LogP contribution >= 0.6 is 0 Å². The fourth-order valence-electron chi connectivity index (χ4n) is 1.55. The van der Waals surface area contributed by atoms with E-state index in [1.807, 2.05) is 4.90 Å². The molecule has 0 aliphatic carbocycles. The van der Waals surface area contributed by atoms with E-state index in [4.69, 9.17) is 0 Å². The van der Waals surface area contributed by atoms with E-state index in [1.54, 1.807) is 18.3 Å².